The Kier molecular flexibility index (Phi) is 4.03. The van der Waals surface area contributed by atoms with E-state index in [1.54, 1.807) is 24.3 Å². The molecule has 0 atom stereocenters. The average molecular weight is 291 g/mol. The Hall–Kier alpha value is -2.68. The Morgan fingerprint density at radius 2 is 1.90 bits per heavy atom. The van der Waals surface area contributed by atoms with Crippen LogP contribution in [0.1, 0.15) is 16.7 Å². The SMILES string of the molecule is N#Cc1cc(NCc2cccc(C(F)(F)F)c2)ccc1N. The Bertz CT molecular complexity index is 687. The van der Waals surface area contributed by atoms with Crippen LogP contribution in [0.25, 0.3) is 0 Å². The molecule has 0 fully saturated rings. The minimum Gasteiger partial charge on any atom is -0.398 e. The van der Waals surface area contributed by atoms with Gasteiger partial charge in [0.15, 0.2) is 0 Å². The lowest BCUT2D eigenvalue weighted by Gasteiger charge is -2.11. The van der Waals surface area contributed by atoms with Crippen molar-refractivity contribution in [2.45, 2.75) is 12.7 Å². The normalized spacial score (nSPS) is 11.0. The monoisotopic (exact) mass is 291 g/mol. The lowest BCUT2D eigenvalue weighted by Crippen LogP contribution is -2.07. The minimum atomic E-state index is -4.36. The number of alkyl halides is 3. The number of anilines is 2. The summed E-state index contributed by atoms with van der Waals surface area (Å²) >= 11 is 0. The molecule has 0 aliphatic carbocycles. The largest absolute Gasteiger partial charge is 0.416 e. The predicted molar refractivity (Wildman–Crippen MR) is 74.3 cm³/mol. The van der Waals surface area contributed by atoms with E-state index in [-0.39, 0.29) is 6.54 Å². The lowest BCUT2D eigenvalue weighted by atomic mass is 10.1. The number of halogens is 3. The van der Waals surface area contributed by atoms with Gasteiger partial charge in [0, 0.05) is 17.9 Å². The van der Waals surface area contributed by atoms with Crippen LogP contribution < -0.4 is 11.1 Å². The first-order valence-corrected chi connectivity index (χ1v) is 6.10. The molecular weight excluding hydrogens is 279 g/mol. The second kappa shape index (κ2) is 5.75. The van der Waals surface area contributed by atoms with Crippen molar-refractivity contribution < 1.29 is 13.2 Å². The molecule has 2 rings (SSSR count). The maximum Gasteiger partial charge on any atom is 0.416 e. The van der Waals surface area contributed by atoms with E-state index < -0.39 is 11.7 Å². The molecule has 6 heteroatoms. The van der Waals surface area contributed by atoms with Gasteiger partial charge in [0.2, 0.25) is 0 Å². The number of hydrogen-bond donors (Lipinski definition) is 2. The van der Waals surface area contributed by atoms with Crippen LogP contribution in [0.15, 0.2) is 42.5 Å². The molecule has 0 aliphatic heterocycles. The van der Waals surface area contributed by atoms with Gasteiger partial charge in [0.25, 0.3) is 0 Å². The summed E-state index contributed by atoms with van der Waals surface area (Å²) in [5, 5.41) is 11.8. The molecule has 0 saturated heterocycles. The van der Waals surface area contributed by atoms with Crippen LogP contribution in [0, 0.1) is 11.3 Å². The second-order valence-electron chi connectivity index (χ2n) is 4.47. The summed E-state index contributed by atoms with van der Waals surface area (Å²) in [6.45, 7) is 0.221. The third kappa shape index (κ3) is 3.66. The summed E-state index contributed by atoms with van der Waals surface area (Å²) in [6.07, 6.45) is -4.36. The maximum atomic E-state index is 12.6. The summed E-state index contributed by atoms with van der Waals surface area (Å²) in [4.78, 5) is 0. The van der Waals surface area contributed by atoms with E-state index in [1.165, 1.54) is 6.07 Å². The van der Waals surface area contributed by atoms with Gasteiger partial charge in [0.05, 0.1) is 11.1 Å². The molecule has 3 N–H and O–H groups in total. The molecular formula is C15H12F3N3. The number of nitrogens with two attached hydrogens (primary N) is 1. The Labute approximate surface area is 119 Å². The Morgan fingerprint density at radius 1 is 1.14 bits per heavy atom. The highest BCUT2D eigenvalue weighted by Gasteiger charge is 2.30. The molecule has 2 aromatic rings. The number of benzene rings is 2. The zero-order chi connectivity index (χ0) is 15.5. The molecule has 0 radical (unpaired) electrons. The highest BCUT2D eigenvalue weighted by atomic mass is 19.4. The van der Waals surface area contributed by atoms with Gasteiger partial charge < -0.3 is 11.1 Å². The molecule has 3 nitrogen and oxygen atoms in total. The molecule has 108 valence electrons. The van der Waals surface area contributed by atoms with Gasteiger partial charge in [-0.05, 0) is 35.9 Å². The quantitative estimate of drug-likeness (QED) is 0.846. The van der Waals surface area contributed by atoms with E-state index in [4.69, 9.17) is 11.0 Å². The van der Waals surface area contributed by atoms with Crippen molar-refractivity contribution in [3.63, 3.8) is 0 Å². The smallest absolute Gasteiger partial charge is 0.398 e. The van der Waals surface area contributed by atoms with E-state index in [9.17, 15) is 13.2 Å². The van der Waals surface area contributed by atoms with Crippen LogP contribution in [0.4, 0.5) is 24.5 Å². The van der Waals surface area contributed by atoms with Crippen LogP contribution in [-0.4, -0.2) is 0 Å². The Balaban J connectivity index is 2.12. The Morgan fingerprint density at radius 3 is 2.57 bits per heavy atom. The highest BCUT2D eigenvalue weighted by molar-refractivity contribution is 5.61. The average Bonchev–Trinajstić information content (AvgIpc) is 2.46. The van der Waals surface area contributed by atoms with Crippen molar-refractivity contribution in [2.24, 2.45) is 0 Å². The first-order chi connectivity index (χ1) is 9.90. The van der Waals surface area contributed by atoms with E-state index in [1.807, 2.05) is 6.07 Å². The molecule has 0 spiro atoms. The summed E-state index contributed by atoms with van der Waals surface area (Å²) < 4.78 is 37.8. The maximum absolute atomic E-state index is 12.6. The molecule has 0 aromatic heterocycles. The van der Waals surface area contributed by atoms with Gasteiger partial charge in [-0.25, -0.2) is 0 Å². The van der Waals surface area contributed by atoms with Crippen molar-refractivity contribution in [3.8, 4) is 6.07 Å². The molecule has 0 amide bonds. The molecule has 0 unspecified atom stereocenters. The van der Waals surface area contributed by atoms with Gasteiger partial charge in [-0.15, -0.1) is 0 Å². The summed E-state index contributed by atoms with van der Waals surface area (Å²) in [5.74, 6) is 0. The van der Waals surface area contributed by atoms with E-state index in [0.717, 1.165) is 12.1 Å². The number of hydrogen-bond acceptors (Lipinski definition) is 3. The summed E-state index contributed by atoms with van der Waals surface area (Å²) in [5.41, 5.74) is 6.73. The summed E-state index contributed by atoms with van der Waals surface area (Å²) in [7, 11) is 0. The van der Waals surface area contributed by atoms with Crippen molar-refractivity contribution in [3.05, 3.63) is 59.2 Å². The predicted octanol–water partition coefficient (Wildman–Crippen LogP) is 3.77. The fraction of sp³-hybridized carbons (Fsp3) is 0.133. The lowest BCUT2D eigenvalue weighted by molar-refractivity contribution is -0.137. The van der Waals surface area contributed by atoms with Crippen molar-refractivity contribution in [1.29, 1.82) is 5.26 Å². The molecule has 2 aromatic carbocycles. The summed E-state index contributed by atoms with van der Waals surface area (Å²) in [6, 6.07) is 11.8. The van der Waals surface area contributed by atoms with Crippen LogP contribution in [0.3, 0.4) is 0 Å². The van der Waals surface area contributed by atoms with Crippen molar-refractivity contribution in [2.75, 3.05) is 11.1 Å². The molecule has 0 bridgehead atoms. The number of rotatable bonds is 3. The molecule has 0 aliphatic rings. The third-order valence-electron chi connectivity index (χ3n) is 2.92. The zero-order valence-electron chi connectivity index (χ0n) is 10.9. The van der Waals surface area contributed by atoms with E-state index in [2.05, 4.69) is 5.32 Å². The van der Waals surface area contributed by atoms with Crippen LogP contribution >= 0.6 is 0 Å². The van der Waals surface area contributed by atoms with Crippen LogP contribution in [0.5, 0.6) is 0 Å². The first kappa shape index (κ1) is 14.7. The fourth-order valence-electron chi connectivity index (χ4n) is 1.82. The molecule has 21 heavy (non-hydrogen) atoms. The third-order valence-corrected chi connectivity index (χ3v) is 2.92. The number of nitrogens with one attached hydrogen (secondary N) is 1. The zero-order valence-corrected chi connectivity index (χ0v) is 10.9. The molecule has 0 heterocycles. The van der Waals surface area contributed by atoms with Crippen molar-refractivity contribution >= 4 is 11.4 Å². The van der Waals surface area contributed by atoms with E-state index in [0.29, 0.717) is 22.5 Å². The standard InChI is InChI=1S/C15H12F3N3/c16-15(17,18)12-3-1-2-10(6-12)9-21-13-4-5-14(20)11(7-13)8-19/h1-7,21H,9,20H2. The van der Waals surface area contributed by atoms with Gasteiger partial charge in [-0.1, -0.05) is 12.1 Å². The highest BCUT2D eigenvalue weighted by Crippen LogP contribution is 2.29. The minimum absolute atomic E-state index is 0.221. The van der Waals surface area contributed by atoms with Gasteiger partial charge >= 0.3 is 6.18 Å². The number of nitriles is 1. The van der Waals surface area contributed by atoms with Crippen LogP contribution in [0.2, 0.25) is 0 Å². The number of nitrogens with zero attached hydrogens (tertiary/aromatic N) is 1. The number of nitrogen functional groups attached to an aromatic ring is 1. The van der Waals surface area contributed by atoms with Gasteiger partial charge in [-0.2, -0.15) is 18.4 Å². The molecule has 0 saturated carbocycles. The van der Waals surface area contributed by atoms with Gasteiger partial charge in [0.1, 0.15) is 6.07 Å². The van der Waals surface area contributed by atoms with Crippen LogP contribution in [-0.2, 0) is 12.7 Å². The first-order valence-electron chi connectivity index (χ1n) is 6.10. The van der Waals surface area contributed by atoms with Crippen molar-refractivity contribution in [1.82, 2.24) is 0 Å². The fourth-order valence-corrected chi connectivity index (χ4v) is 1.82. The van der Waals surface area contributed by atoms with Gasteiger partial charge in [-0.3, -0.25) is 0 Å². The van der Waals surface area contributed by atoms with E-state index >= 15 is 0 Å². The second-order valence-corrected chi connectivity index (χ2v) is 4.47. The topological polar surface area (TPSA) is 61.8 Å².